The van der Waals surface area contributed by atoms with Crippen LogP contribution in [0, 0.1) is 13.8 Å². The van der Waals surface area contributed by atoms with Crippen LogP contribution in [0.3, 0.4) is 0 Å². The molecular weight excluding hydrogens is 502 g/mol. The number of fused-ring (bicyclic) bond motifs is 5. The van der Waals surface area contributed by atoms with E-state index in [0.29, 0.717) is 29.0 Å². The second-order valence-electron chi connectivity index (χ2n) is 5.59. The van der Waals surface area contributed by atoms with Gasteiger partial charge in [0.05, 0.1) is 0 Å². The van der Waals surface area contributed by atoms with Gasteiger partial charge in [-0.15, -0.1) is 0 Å². The van der Waals surface area contributed by atoms with E-state index in [2.05, 4.69) is 50.2 Å². The van der Waals surface area contributed by atoms with Gasteiger partial charge in [0.2, 0.25) is 0 Å². The predicted octanol–water partition coefficient (Wildman–Crippen LogP) is 4.09. The Kier molecular flexibility index (Phi) is 2.91. The third-order valence-corrected chi connectivity index (χ3v) is 11.4. The Hall–Kier alpha value is -0.251. The molecular formula is C18H12Se2Te. The first-order valence-electron chi connectivity index (χ1n) is 6.94. The summed E-state index contributed by atoms with van der Waals surface area (Å²) >= 11 is 0.991. The molecule has 0 spiro atoms. The van der Waals surface area contributed by atoms with Gasteiger partial charge in [0.15, 0.2) is 0 Å². The number of hydrogen-bond donors (Lipinski definition) is 0. The van der Waals surface area contributed by atoms with Crippen LogP contribution in [0.25, 0.3) is 36.9 Å². The van der Waals surface area contributed by atoms with Gasteiger partial charge < -0.3 is 0 Å². The van der Waals surface area contributed by atoms with Gasteiger partial charge in [-0.05, 0) is 0 Å². The van der Waals surface area contributed by atoms with Crippen molar-refractivity contribution >= 4 is 86.3 Å². The van der Waals surface area contributed by atoms with Crippen molar-refractivity contribution in [3.63, 3.8) is 0 Å². The van der Waals surface area contributed by atoms with E-state index in [4.69, 9.17) is 0 Å². The molecule has 0 aliphatic carbocycles. The maximum absolute atomic E-state index is 2.54. The van der Waals surface area contributed by atoms with Crippen molar-refractivity contribution in [2.24, 2.45) is 0 Å². The summed E-state index contributed by atoms with van der Waals surface area (Å²) in [5, 5.41) is 6.06. The third-order valence-electron chi connectivity index (χ3n) is 3.99. The molecule has 0 saturated carbocycles. The van der Waals surface area contributed by atoms with Crippen LogP contribution in [0.5, 0.6) is 0 Å². The molecule has 3 heteroatoms. The summed E-state index contributed by atoms with van der Waals surface area (Å²) in [6.45, 7) is 4.55. The van der Waals surface area contributed by atoms with Crippen LogP contribution in [-0.4, -0.2) is 49.4 Å². The minimum absolute atomic E-state index is 0.169. The van der Waals surface area contributed by atoms with E-state index in [1.807, 2.05) is 0 Å². The fourth-order valence-electron chi connectivity index (χ4n) is 3.11. The zero-order valence-electron chi connectivity index (χ0n) is 11.7. The van der Waals surface area contributed by atoms with Crippen molar-refractivity contribution in [3.05, 3.63) is 45.3 Å². The Morgan fingerprint density at radius 2 is 1.14 bits per heavy atom. The molecule has 0 saturated heterocycles. The molecule has 102 valence electrons. The first-order chi connectivity index (χ1) is 10.2. The maximum atomic E-state index is 2.54. The summed E-state index contributed by atoms with van der Waals surface area (Å²) in [5.74, 6) is 0. The van der Waals surface area contributed by atoms with Gasteiger partial charge in [0.1, 0.15) is 0 Å². The van der Waals surface area contributed by atoms with Crippen LogP contribution < -0.4 is 0 Å². The van der Waals surface area contributed by atoms with Crippen molar-refractivity contribution in [1.29, 1.82) is 0 Å². The molecule has 3 heterocycles. The second kappa shape index (κ2) is 4.62. The number of rotatable bonds is 0. The Bertz CT molecular complexity index is 1060. The molecule has 5 rings (SSSR count). The second-order valence-corrected chi connectivity index (χ2v) is 14.1. The van der Waals surface area contributed by atoms with Crippen molar-refractivity contribution in [3.8, 4) is 0 Å². The van der Waals surface area contributed by atoms with Gasteiger partial charge in [0.25, 0.3) is 0 Å². The van der Waals surface area contributed by atoms with E-state index in [1.54, 1.807) is 35.0 Å². The van der Waals surface area contributed by atoms with Gasteiger partial charge in [-0.1, -0.05) is 0 Å². The van der Waals surface area contributed by atoms with Gasteiger partial charge >= 0.3 is 145 Å². The predicted molar refractivity (Wildman–Crippen MR) is 96.8 cm³/mol. The van der Waals surface area contributed by atoms with Gasteiger partial charge in [0, 0.05) is 0 Å². The number of benzene rings is 2. The molecule has 0 fully saturated rings. The van der Waals surface area contributed by atoms with E-state index in [1.165, 1.54) is 10.8 Å². The zero-order valence-corrected chi connectivity index (χ0v) is 17.4. The molecule has 5 aromatic rings. The van der Waals surface area contributed by atoms with Crippen molar-refractivity contribution in [2.75, 3.05) is 0 Å². The standard InChI is InChI=1S/C18H12Se2Te/c1-9-3-11-5-13-14-6-12-4-10(2)20-16(12)8-18(14)21-17(13)7-15(11)19-9/h3-8H,1-2H3. The Morgan fingerprint density at radius 1 is 0.667 bits per heavy atom. The van der Waals surface area contributed by atoms with Crippen LogP contribution >= 0.6 is 0 Å². The molecule has 21 heavy (non-hydrogen) atoms. The molecule has 0 radical (unpaired) electrons. The zero-order chi connectivity index (χ0) is 14.1. The summed E-state index contributed by atoms with van der Waals surface area (Å²) in [4.78, 5) is 0. The molecule has 0 aliphatic rings. The molecule has 0 atom stereocenters. The average molecular weight is 514 g/mol. The fourth-order valence-corrected chi connectivity index (χ4v) is 11.4. The molecule has 2 aromatic carbocycles. The Morgan fingerprint density at radius 3 is 1.62 bits per heavy atom. The van der Waals surface area contributed by atoms with E-state index in [-0.39, 0.29) is 20.4 Å². The monoisotopic (exact) mass is 518 g/mol. The first-order valence-corrected chi connectivity index (χ1v) is 12.7. The van der Waals surface area contributed by atoms with Gasteiger partial charge in [-0.2, -0.15) is 0 Å². The number of hydrogen-bond acceptors (Lipinski definition) is 0. The van der Waals surface area contributed by atoms with Crippen LogP contribution in [0.15, 0.2) is 36.4 Å². The topological polar surface area (TPSA) is 0 Å². The molecule has 0 bridgehead atoms. The van der Waals surface area contributed by atoms with Crippen LogP contribution in [0.4, 0.5) is 0 Å². The van der Waals surface area contributed by atoms with Gasteiger partial charge in [-0.25, -0.2) is 0 Å². The number of aryl methyl sites for hydroxylation is 2. The van der Waals surface area contributed by atoms with E-state index >= 15 is 0 Å². The Balaban J connectivity index is 1.97. The van der Waals surface area contributed by atoms with Crippen LogP contribution in [-0.2, 0) is 0 Å². The first kappa shape index (κ1) is 13.2. The summed E-state index contributed by atoms with van der Waals surface area (Å²) in [6.07, 6.45) is 0. The Labute approximate surface area is 144 Å². The van der Waals surface area contributed by atoms with E-state index in [9.17, 15) is 0 Å². The third kappa shape index (κ3) is 2.00. The molecule has 0 amide bonds. The van der Waals surface area contributed by atoms with Crippen molar-refractivity contribution in [1.82, 2.24) is 0 Å². The molecule has 0 nitrogen and oxygen atoms in total. The van der Waals surface area contributed by atoms with E-state index < -0.39 is 0 Å². The average Bonchev–Trinajstić information content (AvgIpc) is 3.05. The SMILES string of the molecule is Cc1cc2cc3c(cc2[se]1)[te]c1cc2[se]c(C)cc2cc13. The van der Waals surface area contributed by atoms with E-state index in [0.717, 1.165) is 0 Å². The van der Waals surface area contributed by atoms with Gasteiger partial charge in [-0.3, -0.25) is 0 Å². The molecule has 0 aliphatic heterocycles. The molecule has 0 N–H and O–H groups in total. The van der Waals surface area contributed by atoms with Crippen molar-refractivity contribution < 1.29 is 0 Å². The van der Waals surface area contributed by atoms with Crippen molar-refractivity contribution in [2.45, 2.75) is 13.8 Å². The summed E-state index contributed by atoms with van der Waals surface area (Å²) in [6, 6.07) is 14.8. The minimum atomic E-state index is -0.169. The normalized spacial score (nSPS) is 12.3. The summed E-state index contributed by atoms with van der Waals surface area (Å²) in [7, 11) is 0. The quantitative estimate of drug-likeness (QED) is 0.274. The van der Waals surface area contributed by atoms with Crippen LogP contribution in [0.2, 0.25) is 0 Å². The van der Waals surface area contributed by atoms with Crippen LogP contribution in [0.1, 0.15) is 8.87 Å². The fraction of sp³-hybridized carbons (Fsp3) is 0.111. The molecule has 0 unspecified atom stereocenters. The summed E-state index contributed by atoms with van der Waals surface area (Å²) < 4.78 is 9.72. The summed E-state index contributed by atoms with van der Waals surface area (Å²) in [5.41, 5.74) is 0. The molecule has 3 aromatic heterocycles.